The van der Waals surface area contributed by atoms with Crippen LogP contribution in [0.4, 0.5) is 4.39 Å². The molecule has 0 amide bonds. The van der Waals surface area contributed by atoms with E-state index in [4.69, 9.17) is 4.74 Å². The van der Waals surface area contributed by atoms with Crippen molar-refractivity contribution in [2.75, 3.05) is 7.11 Å². The molecule has 0 aliphatic carbocycles. The second-order valence-electron chi connectivity index (χ2n) is 3.12. The van der Waals surface area contributed by atoms with Crippen LogP contribution >= 0.6 is 0 Å². The molecule has 0 radical (unpaired) electrons. The van der Waals surface area contributed by atoms with Crippen molar-refractivity contribution >= 4 is 0 Å². The van der Waals surface area contributed by atoms with Crippen molar-refractivity contribution in [3.05, 3.63) is 35.9 Å². The van der Waals surface area contributed by atoms with Crippen LogP contribution in [0.5, 0.6) is 0 Å². The summed E-state index contributed by atoms with van der Waals surface area (Å²) in [7, 11) is 1.45. The highest BCUT2D eigenvalue weighted by molar-refractivity contribution is 5.27. The lowest BCUT2D eigenvalue weighted by molar-refractivity contribution is 0.281. The van der Waals surface area contributed by atoms with Crippen LogP contribution in [0.15, 0.2) is 35.9 Å². The molecule has 0 heterocycles. The number of allylic oxidation sites excluding steroid dienone is 4. The largest absolute Gasteiger partial charge is 0.494 e. The first-order valence-corrected chi connectivity index (χ1v) is 4.27. The van der Waals surface area contributed by atoms with Crippen LogP contribution in [0.25, 0.3) is 0 Å². The highest BCUT2D eigenvalue weighted by Crippen LogP contribution is 2.22. The smallest absolute Gasteiger partial charge is 0.164 e. The van der Waals surface area contributed by atoms with Gasteiger partial charge in [0.2, 0.25) is 0 Å². The normalized spacial score (nSPS) is 14.2. The first kappa shape index (κ1) is 11.9. The fraction of sp³-hybridized carbons (Fsp3) is 0.455. The summed E-state index contributed by atoms with van der Waals surface area (Å²) in [4.78, 5) is 0. The molecule has 0 rings (SSSR count). The Labute approximate surface area is 79.6 Å². The zero-order valence-corrected chi connectivity index (χ0v) is 8.73. The molecule has 0 bridgehead atoms. The van der Waals surface area contributed by atoms with Crippen molar-refractivity contribution in [1.29, 1.82) is 0 Å². The van der Waals surface area contributed by atoms with Crippen LogP contribution in [0, 0.1) is 5.92 Å². The zero-order chi connectivity index (χ0) is 10.4. The van der Waals surface area contributed by atoms with Crippen LogP contribution in [0.3, 0.4) is 0 Å². The molecule has 0 fully saturated rings. The van der Waals surface area contributed by atoms with Gasteiger partial charge in [-0.1, -0.05) is 26.5 Å². The van der Waals surface area contributed by atoms with Crippen LogP contribution in [-0.2, 0) is 4.74 Å². The lowest BCUT2D eigenvalue weighted by Gasteiger charge is -2.09. The van der Waals surface area contributed by atoms with Gasteiger partial charge >= 0.3 is 0 Å². The minimum Gasteiger partial charge on any atom is -0.494 e. The van der Waals surface area contributed by atoms with Crippen molar-refractivity contribution in [2.45, 2.75) is 20.8 Å². The van der Waals surface area contributed by atoms with Gasteiger partial charge in [-0.3, -0.25) is 0 Å². The maximum atomic E-state index is 13.5. The molecule has 0 saturated heterocycles. The molecule has 1 nitrogen and oxygen atoms in total. The predicted molar refractivity (Wildman–Crippen MR) is 53.9 cm³/mol. The van der Waals surface area contributed by atoms with Gasteiger partial charge in [0.05, 0.1) is 7.11 Å². The summed E-state index contributed by atoms with van der Waals surface area (Å²) in [5.74, 6) is 0.127. The van der Waals surface area contributed by atoms with Gasteiger partial charge in [-0.2, -0.15) is 0 Å². The quantitative estimate of drug-likeness (QED) is 0.479. The monoisotopic (exact) mass is 184 g/mol. The molecule has 0 aliphatic rings. The van der Waals surface area contributed by atoms with Gasteiger partial charge in [-0.25, -0.2) is 4.39 Å². The summed E-state index contributed by atoms with van der Waals surface area (Å²) < 4.78 is 18.4. The molecular formula is C11H17FO. The molecule has 0 aliphatic heterocycles. The van der Waals surface area contributed by atoms with E-state index in [0.29, 0.717) is 5.57 Å². The maximum absolute atomic E-state index is 13.5. The second kappa shape index (κ2) is 5.57. The highest BCUT2D eigenvalue weighted by atomic mass is 19.1. The number of hydrogen-bond donors (Lipinski definition) is 0. The average Bonchev–Trinajstić information content (AvgIpc) is 2.11. The van der Waals surface area contributed by atoms with E-state index in [1.54, 1.807) is 6.92 Å². The van der Waals surface area contributed by atoms with E-state index in [2.05, 4.69) is 6.58 Å². The molecule has 0 saturated carbocycles. The molecular weight excluding hydrogens is 167 g/mol. The highest BCUT2D eigenvalue weighted by Gasteiger charge is 2.10. The van der Waals surface area contributed by atoms with Gasteiger partial charge < -0.3 is 4.74 Å². The Hall–Kier alpha value is -1.05. The first-order valence-electron chi connectivity index (χ1n) is 4.27. The van der Waals surface area contributed by atoms with Gasteiger partial charge in [0, 0.05) is 0 Å². The van der Waals surface area contributed by atoms with Gasteiger partial charge in [0.1, 0.15) is 0 Å². The Balaban J connectivity index is 4.92. The summed E-state index contributed by atoms with van der Waals surface area (Å²) >= 11 is 0. The summed E-state index contributed by atoms with van der Waals surface area (Å²) in [5, 5.41) is 0. The van der Waals surface area contributed by atoms with Crippen LogP contribution in [0.1, 0.15) is 20.8 Å². The van der Waals surface area contributed by atoms with Crippen molar-refractivity contribution in [3.8, 4) is 0 Å². The minimum atomic E-state index is -0.294. The fourth-order valence-corrected chi connectivity index (χ4v) is 0.786. The van der Waals surface area contributed by atoms with Gasteiger partial charge in [0.25, 0.3) is 0 Å². The number of rotatable bonds is 4. The van der Waals surface area contributed by atoms with Crippen molar-refractivity contribution < 1.29 is 9.13 Å². The molecule has 0 atom stereocenters. The van der Waals surface area contributed by atoms with Crippen molar-refractivity contribution in [2.24, 2.45) is 5.92 Å². The van der Waals surface area contributed by atoms with E-state index in [0.717, 1.165) is 0 Å². The third-order valence-corrected chi connectivity index (χ3v) is 1.92. The summed E-state index contributed by atoms with van der Waals surface area (Å²) in [6, 6.07) is 0. The number of methoxy groups -OCH3 is 1. The Bertz CT molecular complexity index is 236. The van der Waals surface area contributed by atoms with Gasteiger partial charge in [0.15, 0.2) is 11.6 Å². The molecule has 0 N–H and O–H groups in total. The third kappa shape index (κ3) is 3.45. The van der Waals surface area contributed by atoms with Crippen LogP contribution < -0.4 is 0 Å². The molecule has 2 heteroatoms. The first-order chi connectivity index (χ1) is 6.04. The Kier molecular flexibility index (Phi) is 5.12. The van der Waals surface area contributed by atoms with E-state index < -0.39 is 0 Å². The molecule has 0 aromatic heterocycles. The van der Waals surface area contributed by atoms with E-state index in [-0.39, 0.29) is 17.5 Å². The summed E-state index contributed by atoms with van der Waals surface area (Å²) in [6.07, 6.45) is 3.02. The SMILES string of the molecule is C=C/C=C(OC)\C(F)=C(/C)C(C)C. The Morgan fingerprint density at radius 3 is 2.31 bits per heavy atom. The van der Waals surface area contributed by atoms with Crippen molar-refractivity contribution in [3.63, 3.8) is 0 Å². The second-order valence-corrected chi connectivity index (χ2v) is 3.12. The van der Waals surface area contributed by atoms with E-state index >= 15 is 0 Å². The maximum Gasteiger partial charge on any atom is 0.164 e. The van der Waals surface area contributed by atoms with E-state index in [1.807, 2.05) is 13.8 Å². The van der Waals surface area contributed by atoms with Gasteiger partial charge in [-0.05, 0) is 24.5 Å². The topological polar surface area (TPSA) is 9.23 Å². The summed E-state index contributed by atoms with van der Waals surface area (Å²) in [5.41, 5.74) is 0.690. The standard InChI is InChI=1S/C11H17FO/c1-6-7-10(13-5)11(12)9(4)8(2)3/h6-8H,1H2,2-5H3/b10-7+,11-9-. The molecule has 74 valence electrons. The van der Waals surface area contributed by atoms with Crippen LogP contribution in [0.2, 0.25) is 0 Å². The van der Waals surface area contributed by atoms with Crippen molar-refractivity contribution in [1.82, 2.24) is 0 Å². The number of hydrogen-bond acceptors (Lipinski definition) is 1. The zero-order valence-electron chi connectivity index (χ0n) is 8.73. The summed E-state index contributed by atoms with van der Waals surface area (Å²) in [6.45, 7) is 9.13. The predicted octanol–water partition coefficient (Wildman–Crippen LogP) is 3.60. The lowest BCUT2D eigenvalue weighted by atomic mass is 10.0. The molecule has 13 heavy (non-hydrogen) atoms. The molecule has 0 spiro atoms. The van der Waals surface area contributed by atoms with E-state index in [1.165, 1.54) is 19.3 Å². The molecule has 0 unspecified atom stereocenters. The Morgan fingerprint density at radius 2 is 2.00 bits per heavy atom. The van der Waals surface area contributed by atoms with E-state index in [9.17, 15) is 4.39 Å². The molecule has 0 aromatic carbocycles. The third-order valence-electron chi connectivity index (χ3n) is 1.92. The number of ether oxygens (including phenoxy) is 1. The number of halogens is 1. The van der Waals surface area contributed by atoms with Crippen LogP contribution in [-0.4, -0.2) is 7.11 Å². The minimum absolute atomic E-state index is 0.184. The lowest BCUT2D eigenvalue weighted by Crippen LogP contribution is -1.96. The van der Waals surface area contributed by atoms with Gasteiger partial charge in [-0.15, -0.1) is 0 Å². The molecule has 0 aromatic rings. The fourth-order valence-electron chi connectivity index (χ4n) is 0.786. The average molecular weight is 184 g/mol. The Morgan fingerprint density at radius 1 is 1.46 bits per heavy atom.